The number of benzene rings is 1. The van der Waals surface area contributed by atoms with Crippen LogP contribution in [0.1, 0.15) is 41.5 Å². The van der Waals surface area contributed by atoms with E-state index in [0.29, 0.717) is 10.3 Å². The topological polar surface area (TPSA) is 0 Å². The summed E-state index contributed by atoms with van der Waals surface area (Å²) in [5.74, 6) is 0. The predicted molar refractivity (Wildman–Crippen MR) is 86.4 cm³/mol. The maximum Gasteiger partial charge on any atom is -0.0141 e. The molecule has 0 aliphatic rings. The van der Waals surface area contributed by atoms with Gasteiger partial charge in [0, 0.05) is 0 Å². The molecule has 0 spiro atoms. The summed E-state index contributed by atoms with van der Waals surface area (Å²) in [5, 5.41) is 3.96. The summed E-state index contributed by atoms with van der Waals surface area (Å²) in [6.07, 6.45) is 0. The normalized spacial score (nSPS) is 15.5. The van der Waals surface area contributed by atoms with Crippen molar-refractivity contribution >= 4 is 27.1 Å². The summed E-state index contributed by atoms with van der Waals surface area (Å²) in [6, 6.07) is 9.04. The van der Waals surface area contributed by atoms with Crippen LogP contribution in [-0.4, -0.2) is 17.0 Å². The molecule has 0 radical (unpaired) electrons. The quantitative estimate of drug-likeness (QED) is 0.701. The van der Waals surface area contributed by atoms with Gasteiger partial charge in [-0.3, -0.25) is 0 Å². The lowest BCUT2D eigenvalue weighted by Gasteiger charge is -2.31. The molecule has 0 bridgehead atoms. The van der Waals surface area contributed by atoms with Crippen LogP contribution in [0.25, 0.3) is 0 Å². The minimum atomic E-state index is -0.0836. The van der Waals surface area contributed by atoms with E-state index in [0.717, 1.165) is 8.58 Å². The van der Waals surface area contributed by atoms with Crippen molar-refractivity contribution < 1.29 is 0 Å². The Morgan fingerprint density at radius 2 is 1.47 bits per heavy atom. The molecular weight excluding hydrogens is 242 g/mol. The molecule has 0 saturated carbocycles. The van der Waals surface area contributed by atoms with E-state index in [4.69, 9.17) is 0 Å². The Balaban J connectivity index is 3.08. The van der Waals surface area contributed by atoms with Crippen molar-refractivity contribution in [2.75, 3.05) is 6.66 Å². The fourth-order valence-corrected chi connectivity index (χ4v) is 4.98. The van der Waals surface area contributed by atoms with E-state index in [2.05, 4.69) is 72.5 Å². The predicted octanol–water partition coefficient (Wildman–Crippen LogP) is 4.32. The summed E-state index contributed by atoms with van der Waals surface area (Å²) in [5.41, 5.74) is 0. The van der Waals surface area contributed by atoms with E-state index in [1.54, 1.807) is 10.6 Å². The van der Waals surface area contributed by atoms with E-state index in [1.807, 2.05) is 0 Å². The average Bonchev–Trinajstić information content (AvgIpc) is 2.13. The highest BCUT2D eigenvalue weighted by Crippen LogP contribution is 2.45. The SMILES string of the molecule is C[P@@](c1ccccc1PC(C)(C)C)C(C)(C)C. The average molecular weight is 268 g/mol. The molecular formula is C15H26P2. The Morgan fingerprint density at radius 1 is 0.941 bits per heavy atom. The Kier molecular flexibility index (Phi) is 4.79. The largest absolute Gasteiger partial charge is 0.0842 e. The summed E-state index contributed by atoms with van der Waals surface area (Å²) < 4.78 is 0. The molecule has 1 rings (SSSR count). The third kappa shape index (κ3) is 4.69. The number of hydrogen-bond acceptors (Lipinski definition) is 0. The van der Waals surface area contributed by atoms with Crippen molar-refractivity contribution in [1.29, 1.82) is 0 Å². The van der Waals surface area contributed by atoms with Gasteiger partial charge < -0.3 is 0 Å². The molecule has 0 fully saturated rings. The van der Waals surface area contributed by atoms with Crippen LogP contribution in [0, 0.1) is 0 Å². The van der Waals surface area contributed by atoms with Crippen molar-refractivity contribution in [3.63, 3.8) is 0 Å². The van der Waals surface area contributed by atoms with E-state index >= 15 is 0 Å². The first-order valence-electron chi connectivity index (χ1n) is 6.22. The van der Waals surface area contributed by atoms with Crippen LogP contribution in [0.2, 0.25) is 0 Å². The van der Waals surface area contributed by atoms with Crippen molar-refractivity contribution in [2.24, 2.45) is 0 Å². The summed E-state index contributed by atoms with van der Waals surface area (Å²) in [6.45, 7) is 16.5. The molecule has 0 aliphatic heterocycles. The number of hydrogen-bond donors (Lipinski definition) is 0. The molecule has 0 aromatic heterocycles. The van der Waals surface area contributed by atoms with E-state index in [9.17, 15) is 0 Å². The molecule has 0 amide bonds. The van der Waals surface area contributed by atoms with Gasteiger partial charge in [0.2, 0.25) is 0 Å². The molecule has 0 saturated heterocycles. The smallest absolute Gasteiger partial charge is 0.0141 e. The fraction of sp³-hybridized carbons (Fsp3) is 0.600. The van der Waals surface area contributed by atoms with Crippen molar-refractivity contribution in [3.05, 3.63) is 24.3 Å². The highest BCUT2D eigenvalue weighted by molar-refractivity contribution is 7.68. The van der Waals surface area contributed by atoms with E-state index in [1.165, 1.54) is 0 Å². The maximum atomic E-state index is 2.42. The minimum absolute atomic E-state index is 0.0836. The van der Waals surface area contributed by atoms with Crippen molar-refractivity contribution in [1.82, 2.24) is 0 Å². The Labute approximate surface area is 110 Å². The summed E-state index contributed by atoms with van der Waals surface area (Å²) in [7, 11) is 0.817. The van der Waals surface area contributed by atoms with Gasteiger partial charge in [-0.25, -0.2) is 0 Å². The van der Waals surface area contributed by atoms with Crippen LogP contribution in [0.5, 0.6) is 0 Å². The summed E-state index contributed by atoms with van der Waals surface area (Å²) >= 11 is 0. The molecule has 17 heavy (non-hydrogen) atoms. The molecule has 2 heteroatoms. The lowest BCUT2D eigenvalue weighted by atomic mass is 10.3. The van der Waals surface area contributed by atoms with E-state index < -0.39 is 0 Å². The maximum absolute atomic E-state index is 2.42. The lowest BCUT2D eigenvalue weighted by molar-refractivity contribution is 0.790. The second-order valence-electron chi connectivity index (χ2n) is 6.62. The van der Waals surface area contributed by atoms with Crippen molar-refractivity contribution in [2.45, 2.75) is 51.9 Å². The van der Waals surface area contributed by atoms with Crippen LogP contribution < -0.4 is 10.6 Å². The highest BCUT2D eigenvalue weighted by atomic mass is 31.1. The zero-order chi connectivity index (χ0) is 13.3. The molecule has 0 N–H and O–H groups in total. The van der Waals surface area contributed by atoms with Gasteiger partial charge in [0.1, 0.15) is 0 Å². The fourth-order valence-electron chi connectivity index (χ4n) is 1.64. The molecule has 0 heterocycles. The third-order valence-electron chi connectivity index (χ3n) is 2.78. The minimum Gasteiger partial charge on any atom is -0.0842 e. The first-order chi connectivity index (χ1) is 7.61. The number of rotatable bonds is 2. The van der Waals surface area contributed by atoms with E-state index in [-0.39, 0.29) is 7.92 Å². The zero-order valence-corrected chi connectivity index (χ0v) is 14.2. The molecule has 96 valence electrons. The first-order valence-corrected chi connectivity index (χ1v) is 9.01. The lowest BCUT2D eigenvalue weighted by Crippen LogP contribution is -2.28. The van der Waals surface area contributed by atoms with Crippen LogP contribution in [-0.2, 0) is 0 Å². The van der Waals surface area contributed by atoms with Crippen molar-refractivity contribution in [3.8, 4) is 0 Å². The van der Waals surface area contributed by atoms with Gasteiger partial charge in [-0.2, -0.15) is 0 Å². The molecule has 1 aromatic rings. The van der Waals surface area contributed by atoms with Gasteiger partial charge in [-0.05, 0) is 27.6 Å². The van der Waals surface area contributed by atoms with Gasteiger partial charge in [0.25, 0.3) is 0 Å². The molecule has 1 aromatic carbocycles. The third-order valence-corrected chi connectivity index (χ3v) is 7.57. The van der Waals surface area contributed by atoms with Gasteiger partial charge in [0.05, 0.1) is 0 Å². The molecule has 2 atom stereocenters. The van der Waals surface area contributed by atoms with Gasteiger partial charge in [0.15, 0.2) is 0 Å². The standard InChI is InChI=1S/C15H26P2/c1-14(2,3)16-12-10-8-9-11-13(12)17(7)15(4,5)6/h8-11,16H,1-7H3/t17-/m0/s1. The monoisotopic (exact) mass is 268 g/mol. The molecule has 1 unspecified atom stereocenters. The Morgan fingerprint density at radius 3 is 1.94 bits per heavy atom. The Bertz CT molecular complexity index is 369. The molecule has 0 nitrogen and oxygen atoms in total. The van der Waals surface area contributed by atoms with Gasteiger partial charge in [-0.1, -0.05) is 82.3 Å². The first kappa shape index (κ1) is 15.1. The second kappa shape index (κ2) is 5.38. The second-order valence-corrected chi connectivity index (χ2v) is 11.9. The summed E-state index contributed by atoms with van der Waals surface area (Å²) in [4.78, 5) is 0. The van der Waals surface area contributed by atoms with Gasteiger partial charge in [-0.15, -0.1) is 0 Å². The van der Waals surface area contributed by atoms with Crippen LogP contribution in [0.15, 0.2) is 24.3 Å². The van der Waals surface area contributed by atoms with Crippen LogP contribution >= 0.6 is 16.5 Å². The Hall–Kier alpha value is 0.0800. The highest BCUT2D eigenvalue weighted by Gasteiger charge is 2.24. The van der Waals surface area contributed by atoms with Crippen LogP contribution in [0.3, 0.4) is 0 Å². The van der Waals surface area contributed by atoms with Crippen LogP contribution in [0.4, 0.5) is 0 Å². The molecule has 0 aliphatic carbocycles. The van der Waals surface area contributed by atoms with Gasteiger partial charge >= 0.3 is 0 Å². The zero-order valence-electron chi connectivity index (χ0n) is 12.3.